The number of aromatic nitrogens is 9. The maximum atomic E-state index is 15.2. The van der Waals surface area contributed by atoms with Crippen LogP contribution in [0.3, 0.4) is 0 Å². The SMILES string of the molecule is CC(=O)NC1[C@@H](OC(C)=O)[C@H](OC(C)=O)C(COC(C)=O)O[C@@H]1n1cc(CN(Cc2cn(CCC(=O)NCCOCCOCCN3C(=O)c4ccccc4C34c3cc5c6c(c3Oc3c4cc4c7c3CCCN7CCC4)CCCN6CCC5)nn2)Cc2cn([C@H]3OC(COC(C)=O)[C@H](OC(C)=O)[C@@H](OC(C)=O)C3NC(C)=O)nn2)nn1. The van der Waals surface area contributed by atoms with Crippen molar-refractivity contribution in [3.8, 4) is 11.5 Å². The highest BCUT2D eigenvalue weighted by atomic mass is 16.6. The molecule has 14 rings (SSSR count). The predicted molar refractivity (Wildman–Crippen MR) is 399 cm³/mol. The zero-order valence-corrected chi connectivity index (χ0v) is 65.5. The molecular weight excluding hydrogens is 1500 g/mol. The van der Waals surface area contributed by atoms with E-state index in [1.807, 2.05) is 23.1 Å². The standard InChI is InChI=1S/C78H96N16O21/c1-43(95)80-65-73(111-49(7)101)71(109-47(5)99)62(41-107-45(3)97)113-76(65)93-39-54(83-86-93)36-88(37-55-40-94(87-84-55)77-66(81-44(2)96)74(112-50(8)102)72(110-48(6)100)63(114-77)42-108-46(4)98)35-53-38-91(85-82-53)27-21-64(103)79-22-29-105-31-32-106-30-28-92-75(104)56-17-9-10-20-59(56)78(92)60-33-51-15-11-23-89-25-13-18-57(67(51)89)69(60)115-70-58-19-14-26-90-24-12-16-52(68(58)90)34-61(70)78/h9-10,17,20,33-34,38-40,62-63,65-66,71-74,76-77H,11-16,18-19,21-32,35-37,41-42H2,1-8H3,(H,79,103)(H,80,95)(H,81,96)/t62?,63?,65?,66?,71-,72+,73-,74+,76-,77-/m0/s1. The molecule has 8 aliphatic rings. The summed E-state index contributed by atoms with van der Waals surface area (Å²) in [4.78, 5) is 138. The lowest BCUT2D eigenvalue weighted by Gasteiger charge is -2.49. The number of ether oxygens (including phenoxy) is 11. The highest BCUT2D eigenvalue weighted by Crippen LogP contribution is 2.63. The van der Waals surface area contributed by atoms with E-state index in [1.165, 1.54) is 73.9 Å². The highest BCUT2D eigenvalue weighted by molar-refractivity contribution is 6.03. The molecule has 37 nitrogen and oxygen atoms in total. The van der Waals surface area contributed by atoms with E-state index in [0.717, 1.165) is 147 Å². The van der Waals surface area contributed by atoms with E-state index in [0.29, 0.717) is 17.8 Å². The van der Waals surface area contributed by atoms with Crippen molar-refractivity contribution in [3.63, 3.8) is 0 Å². The summed E-state index contributed by atoms with van der Waals surface area (Å²) in [6.07, 6.45) is 1.77. The van der Waals surface area contributed by atoms with Gasteiger partial charge in [-0.25, -0.2) is 9.36 Å². The van der Waals surface area contributed by atoms with Gasteiger partial charge in [0.2, 0.25) is 17.7 Å². The zero-order valence-electron chi connectivity index (χ0n) is 65.5. The summed E-state index contributed by atoms with van der Waals surface area (Å²) in [6.45, 7) is 13.9. The van der Waals surface area contributed by atoms with E-state index in [1.54, 1.807) is 6.20 Å². The van der Waals surface area contributed by atoms with Crippen molar-refractivity contribution in [1.29, 1.82) is 0 Å². The quantitative estimate of drug-likeness (QED) is 0.0331. The van der Waals surface area contributed by atoms with Crippen LogP contribution in [0.2, 0.25) is 0 Å². The normalized spacial score (nSPS) is 22.6. The van der Waals surface area contributed by atoms with Gasteiger partial charge in [-0.3, -0.25) is 57.5 Å². The topological polar surface area (TPSA) is 413 Å². The van der Waals surface area contributed by atoms with Gasteiger partial charge in [-0.05, 0) is 86.3 Å². The number of amides is 4. The van der Waals surface area contributed by atoms with Gasteiger partial charge < -0.3 is 82.8 Å². The van der Waals surface area contributed by atoms with Gasteiger partial charge in [0.15, 0.2) is 36.9 Å². The summed E-state index contributed by atoms with van der Waals surface area (Å²) in [7, 11) is 0. The Kier molecular flexibility index (Phi) is 24.5. The number of aryl methyl sites for hydroxylation is 3. The maximum Gasteiger partial charge on any atom is 0.303 e. The molecule has 1 spiro atoms. The van der Waals surface area contributed by atoms with Crippen molar-refractivity contribution >= 4 is 70.8 Å². The van der Waals surface area contributed by atoms with Crippen molar-refractivity contribution in [2.45, 2.75) is 206 Å². The van der Waals surface area contributed by atoms with Crippen molar-refractivity contribution < 1.29 is 100 Å². The monoisotopic (exact) mass is 1590 g/mol. The van der Waals surface area contributed by atoms with Crippen molar-refractivity contribution in [1.82, 2.24) is 70.7 Å². The van der Waals surface area contributed by atoms with E-state index < -0.39 is 128 Å². The largest absolute Gasteiger partial charge is 0.463 e. The fourth-order valence-corrected chi connectivity index (χ4v) is 17.5. The van der Waals surface area contributed by atoms with Crippen molar-refractivity contribution in [3.05, 3.63) is 117 Å². The molecule has 0 radical (unpaired) electrons. The first-order chi connectivity index (χ1) is 55.4. The minimum Gasteiger partial charge on any atom is -0.463 e. The first-order valence-corrected chi connectivity index (χ1v) is 39.0. The number of esters is 6. The van der Waals surface area contributed by atoms with Gasteiger partial charge in [-0.1, -0.05) is 33.8 Å². The van der Waals surface area contributed by atoms with Gasteiger partial charge in [0.1, 0.15) is 54.5 Å². The third kappa shape index (κ3) is 17.4. The Bertz CT molecular complexity index is 4480. The van der Waals surface area contributed by atoms with Crippen LogP contribution in [0, 0.1) is 0 Å². The van der Waals surface area contributed by atoms with Crippen molar-refractivity contribution in [2.75, 3.05) is 88.7 Å². The van der Waals surface area contributed by atoms with Crippen LogP contribution in [0.5, 0.6) is 11.5 Å². The Morgan fingerprint density at radius 2 is 0.991 bits per heavy atom. The summed E-state index contributed by atoms with van der Waals surface area (Å²) < 4.78 is 69.8. The molecule has 115 heavy (non-hydrogen) atoms. The lowest BCUT2D eigenvalue weighted by Crippen LogP contribution is -2.64. The fourth-order valence-electron chi connectivity index (χ4n) is 17.5. The molecule has 0 aliphatic carbocycles. The van der Waals surface area contributed by atoms with Crippen LogP contribution < -0.4 is 30.5 Å². The number of carbonyl (C=O) groups is 10. The molecular formula is C78H96N16O21. The van der Waals surface area contributed by atoms with Gasteiger partial charge in [-0.15, -0.1) is 15.3 Å². The zero-order chi connectivity index (χ0) is 80.9. The van der Waals surface area contributed by atoms with Crippen LogP contribution in [-0.2, 0) is 148 Å². The molecule has 37 heteroatoms. The smallest absolute Gasteiger partial charge is 0.303 e. The van der Waals surface area contributed by atoms with Crippen LogP contribution in [0.25, 0.3) is 0 Å². The first-order valence-electron chi connectivity index (χ1n) is 39.0. The van der Waals surface area contributed by atoms with E-state index in [-0.39, 0.29) is 88.8 Å². The molecule has 10 atom stereocenters. The Labute approximate surface area is 661 Å². The van der Waals surface area contributed by atoms with Crippen LogP contribution in [0.4, 0.5) is 11.4 Å². The molecule has 2 saturated heterocycles. The van der Waals surface area contributed by atoms with Gasteiger partial charge >= 0.3 is 35.8 Å². The Hall–Kier alpha value is -11.0. The number of rotatable bonds is 30. The molecule has 3 aromatic carbocycles. The average molecular weight is 1590 g/mol. The Morgan fingerprint density at radius 3 is 1.48 bits per heavy atom. The first kappa shape index (κ1) is 80.6. The van der Waals surface area contributed by atoms with E-state index in [9.17, 15) is 43.2 Å². The molecule has 6 aromatic rings. The van der Waals surface area contributed by atoms with Crippen LogP contribution >= 0.6 is 0 Å². The van der Waals surface area contributed by atoms with Crippen LogP contribution in [-0.4, -0.2) is 242 Å². The van der Waals surface area contributed by atoms with Crippen molar-refractivity contribution in [2.24, 2.45) is 0 Å². The lowest BCUT2D eigenvalue weighted by molar-refractivity contribution is -0.239. The summed E-state index contributed by atoms with van der Waals surface area (Å²) in [5.74, 6) is -4.28. The van der Waals surface area contributed by atoms with Gasteiger partial charge in [0.25, 0.3) is 5.91 Å². The second-order valence-corrected chi connectivity index (χ2v) is 30.0. The molecule has 8 aliphatic heterocycles. The summed E-state index contributed by atoms with van der Waals surface area (Å²) in [5, 5.41) is 34.8. The lowest BCUT2D eigenvalue weighted by atomic mass is 9.70. The average Bonchev–Trinajstić information content (AvgIpc) is 1.60. The summed E-state index contributed by atoms with van der Waals surface area (Å²) >= 11 is 0. The number of nitrogens with zero attached hydrogens (tertiary/aromatic N) is 13. The number of anilines is 2. The third-order valence-corrected chi connectivity index (χ3v) is 21.7. The Morgan fingerprint density at radius 1 is 0.530 bits per heavy atom. The number of nitrogens with one attached hydrogen (secondary N) is 3. The van der Waals surface area contributed by atoms with E-state index >= 15 is 4.79 Å². The third-order valence-electron chi connectivity index (χ3n) is 21.7. The molecule has 3 N–H and O–H groups in total. The second kappa shape index (κ2) is 35.0. The highest BCUT2D eigenvalue weighted by Gasteiger charge is 2.59. The number of carbonyl (C=O) groups excluding carboxylic acids is 10. The minimum atomic E-state index is -1.41. The molecule has 0 bridgehead atoms. The predicted octanol–water partition coefficient (Wildman–Crippen LogP) is 2.81. The van der Waals surface area contributed by atoms with E-state index in [2.05, 4.69) is 79.8 Å². The van der Waals surface area contributed by atoms with Crippen LogP contribution in [0.1, 0.15) is 166 Å². The maximum absolute atomic E-state index is 15.2. The summed E-state index contributed by atoms with van der Waals surface area (Å²) in [5.41, 5.74) is 11.5. The molecule has 3 aromatic heterocycles. The summed E-state index contributed by atoms with van der Waals surface area (Å²) in [6, 6.07) is 10.3. The molecule has 4 amide bonds. The van der Waals surface area contributed by atoms with E-state index in [4.69, 9.17) is 52.1 Å². The minimum absolute atomic E-state index is 0.0166. The number of benzene rings is 3. The molecule has 4 unspecified atom stereocenters. The number of hydrogen-bond donors (Lipinski definition) is 3. The van der Waals surface area contributed by atoms with Gasteiger partial charge in [0, 0.05) is 166 Å². The number of fused-ring (bicyclic) bond motifs is 8. The number of hydrogen-bond acceptors (Lipinski definition) is 30. The van der Waals surface area contributed by atoms with Crippen LogP contribution in [0.15, 0.2) is 55.0 Å². The molecule has 2 fully saturated rings. The molecule has 0 saturated carbocycles. The molecule has 614 valence electrons. The second-order valence-electron chi connectivity index (χ2n) is 30.0. The van der Waals surface area contributed by atoms with Gasteiger partial charge in [0.05, 0.1) is 62.4 Å². The molecule has 11 heterocycles. The van der Waals surface area contributed by atoms with Gasteiger partial charge in [-0.2, -0.15) is 0 Å². The fraction of sp³-hybridized carbons (Fsp3) is 0.564. The Balaban J connectivity index is 0.638.